The molecule has 0 aliphatic carbocycles. The number of rotatable bonds is 8. The summed E-state index contributed by atoms with van der Waals surface area (Å²) >= 11 is 0. The van der Waals surface area contributed by atoms with Crippen molar-refractivity contribution in [3.8, 4) is 23.0 Å². The van der Waals surface area contributed by atoms with Gasteiger partial charge in [0.05, 0.1) is 6.61 Å². The molecule has 0 atom stereocenters. The highest BCUT2D eigenvalue weighted by Crippen LogP contribution is 2.35. The second-order valence-corrected chi connectivity index (χ2v) is 6.59. The van der Waals surface area contributed by atoms with Crippen LogP contribution in [0.25, 0.3) is 11.5 Å². The molecule has 2 aromatic carbocycles. The van der Waals surface area contributed by atoms with Crippen LogP contribution in [-0.2, 0) is 17.8 Å². The van der Waals surface area contributed by atoms with E-state index in [-0.39, 0.29) is 32.3 Å². The molecule has 0 unspecified atom stereocenters. The number of nitrogens with zero attached hydrogens (tertiary/aromatic N) is 3. The van der Waals surface area contributed by atoms with Crippen molar-refractivity contribution in [1.82, 2.24) is 15.1 Å². The van der Waals surface area contributed by atoms with E-state index in [4.69, 9.17) is 13.9 Å². The molecule has 8 heteroatoms. The summed E-state index contributed by atoms with van der Waals surface area (Å²) in [6.07, 6.45) is 0.544. The van der Waals surface area contributed by atoms with Gasteiger partial charge in [-0.15, -0.1) is 10.2 Å². The SMILES string of the molecule is O=C(CCc1nnc(-c2ccc3c(c2)OCO3)o1)N(CCO)Cc1ccccc1. The van der Waals surface area contributed by atoms with Gasteiger partial charge < -0.3 is 23.9 Å². The molecule has 150 valence electrons. The van der Waals surface area contributed by atoms with E-state index in [0.717, 1.165) is 11.1 Å². The van der Waals surface area contributed by atoms with Crippen molar-refractivity contribution in [3.63, 3.8) is 0 Å². The summed E-state index contributed by atoms with van der Waals surface area (Å²) in [5.74, 6) is 1.99. The number of aliphatic hydroxyl groups is 1. The second kappa shape index (κ2) is 8.74. The normalized spacial score (nSPS) is 12.2. The Bertz CT molecular complexity index is 973. The Morgan fingerprint density at radius 3 is 2.72 bits per heavy atom. The van der Waals surface area contributed by atoms with Crippen molar-refractivity contribution in [2.45, 2.75) is 19.4 Å². The van der Waals surface area contributed by atoms with Crippen LogP contribution in [-0.4, -0.2) is 46.1 Å². The minimum atomic E-state index is -0.0899. The fourth-order valence-electron chi connectivity index (χ4n) is 3.09. The molecular formula is C21H21N3O5. The quantitative estimate of drug-likeness (QED) is 0.625. The van der Waals surface area contributed by atoms with Crippen LogP contribution in [0.2, 0.25) is 0 Å². The molecule has 0 saturated heterocycles. The number of hydrogen-bond donors (Lipinski definition) is 1. The van der Waals surface area contributed by atoms with E-state index >= 15 is 0 Å². The zero-order valence-electron chi connectivity index (χ0n) is 15.8. The number of benzene rings is 2. The molecule has 1 amide bonds. The molecule has 2 heterocycles. The van der Waals surface area contributed by atoms with Crippen LogP contribution in [0.15, 0.2) is 52.9 Å². The summed E-state index contributed by atoms with van der Waals surface area (Å²) in [5.41, 5.74) is 1.74. The minimum Gasteiger partial charge on any atom is -0.454 e. The smallest absolute Gasteiger partial charge is 0.247 e. The predicted molar refractivity (Wildman–Crippen MR) is 103 cm³/mol. The zero-order valence-corrected chi connectivity index (χ0v) is 15.8. The number of ether oxygens (including phenoxy) is 2. The zero-order chi connectivity index (χ0) is 20.1. The number of aliphatic hydroxyl groups excluding tert-OH is 1. The molecule has 0 saturated carbocycles. The van der Waals surface area contributed by atoms with Gasteiger partial charge in [-0.3, -0.25) is 4.79 Å². The third-order valence-electron chi connectivity index (χ3n) is 4.58. The summed E-state index contributed by atoms with van der Waals surface area (Å²) in [6, 6.07) is 15.1. The maximum atomic E-state index is 12.6. The highest BCUT2D eigenvalue weighted by molar-refractivity contribution is 5.76. The van der Waals surface area contributed by atoms with Crippen LogP contribution in [0.4, 0.5) is 0 Å². The van der Waals surface area contributed by atoms with Crippen molar-refractivity contribution in [2.24, 2.45) is 0 Å². The van der Waals surface area contributed by atoms with Crippen LogP contribution in [0.5, 0.6) is 11.5 Å². The van der Waals surface area contributed by atoms with Gasteiger partial charge in [0.2, 0.25) is 24.5 Å². The molecule has 0 fully saturated rings. The highest BCUT2D eigenvalue weighted by atomic mass is 16.7. The summed E-state index contributed by atoms with van der Waals surface area (Å²) in [4.78, 5) is 14.2. The average Bonchev–Trinajstić information content (AvgIpc) is 3.41. The lowest BCUT2D eigenvalue weighted by Gasteiger charge is -2.21. The predicted octanol–water partition coefficient (Wildman–Crippen LogP) is 2.42. The Kier molecular flexibility index (Phi) is 5.71. The van der Waals surface area contributed by atoms with Gasteiger partial charge in [0.1, 0.15) is 0 Å². The molecule has 0 radical (unpaired) electrons. The number of carbonyl (C=O) groups is 1. The molecule has 1 aromatic heterocycles. The van der Waals surface area contributed by atoms with Crippen molar-refractivity contribution in [2.75, 3.05) is 19.9 Å². The first kappa shape index (κ1) is 18.9. The van der Waals surface area contributed by atoms with Crippen molar-refractivity contribution >= 4 is 5.91 Å². The average molecular weight is 395 g/mol. The second-order valence-electron chi connectivity index (χ2n) is 6.59. The van der Waals surface area contributed by atoms with E-state index in [1.807, 2.05) is 36.4 Å². The Balaban J connectivity index is 1.37. The van der Waals surface area contributed by atoms with E-state index in [9.17, 15) is 9.90 Å². The Labute approximate surface area is 167 Å². The topological polar surface area (TPSA) is 97.9 Å². The van der Waals surface area contributed by atoms with Crippen molar-refractivity contribution in [1.29, 1.82) is 0 Å². The van der Waals surface area contributed by atoms with E-state index in [1.54, 1.807) is 17.0 Å². The van der Waals surface area contributed by atoms with Gasteiger partial charge >= 0.3 is 0 Å². The fourth-order valence-corrected chi connectivity index (χ4v) is 3.09. The van der Waals surface area contributed by atoms with Gasteiger partial charge in [-0.1, -0.05) is 30.3 Å². The van der Waals surface area contributed by atoms with Crippen LogP contribution in [0.3, 0.4) is 0 Å². The molecule has 8 nitrogen and oxygen atoms in total. The molecule has 29 heavy (non-hydrogen) atoms. The minimum absolute atomic E-state index is 0.0780. The maximum absolute atomic E-state index is 12.6. The van der Waals surface area contributed by atoms with Crippen LogP contribution in [0, 0.1) is 0 Å². The molecule has 4 rings (SSSR count). The monoisotopic (exact) mass is 395 g/mol. The lowest BCUT2D eigenvalue weighted by atomic mass is 10.2. The van der Waals surface area contributed by atoms with Crippen LogP contribution < -0.4 is 9.47 Å². The first-order valence-electron chi connectivity index (χ1n) is 9.38. The first-order chi connectivity index (χ1) is 14.2. The first-order valence-corrected chi connectivity index (χ1v) is 9.38. The third kappa shape index (κ3) is 4.55. The van der Waals surface area contributed by atoms with Gasteiger partial charge in [0.15, 0.2) is 11.5 Å². The summed E-state index contributed by atoms with van der Waals surface area (Å²) in [7, 11) is 0. The summed E-state index contributed by atoms with van der Waals surface area (Å²) in [6.45, 7) is 0.837. The van der Waals surface area contributed by atoms with E-state index in [1.165, 1.54) is 0 Å². The van der Waals surface area contributed by atoms with E-state index < -0.39 is 0 Å². The summed E-state index contributed by atoms with van der Waals surface area (Å²) < 4.78 is 16.4. The van der Waals surface area contributed by atoms with Gasteiger partial charge in [0, 0.05) is 31.5 Å². The third-order valence-corrected chi connectivity index (χ3v) is 4.58. The van der Waals surface area contributed by atoms with E-state index in [2.05, 4.69) is 10.2 Å². The van der Waals surface area contributed by atoms with Gasteiger partial charge in [-0.05, 0) is 23.8 Å². The van der Waals surface area contributed by atoms with Crippen LogP contribution >= 0.6 is 0 Å². The molecule has 3 aromatic rings. The number of carbonyl (C=O) groups excluding carboxylic acids is 1. The van der Waals surface area contributed by atoms with Crippen molar-refractivity contribution in [3.05, 3.63) is 60.0 Å². The lowest BCUT2D eigenvalue weighted by Crippen LogP contribution is -2.33. The molecule has 0 spiro atoms. The highest BCUT2D eigenvalue weighted by Gasteiger charge is 2.18. The van der Waals surface area contributed by atoms with Gasteiger partial charge in [0.25, 0.3) is 0 Å². The van der Waals surface area contributed by atoms with Gasteiger partial charge in [-0.25, -0.2) is 0 Å². The Hall–Kier alpha value is -3.39. The molecule has 0 bridgehead atoms. The lowest BCUT2D eigenvalue weighted by molar-refractivity contribution is -0.132. The Morgan fingerprint density at radius 2 is 1.90 bits per heavy atom. The molecular weight excluding hydrogens is 374 g/mol. The number of aromatic nitrogens is 2. The van der Waals surface area contributed by atoms with Crippen molar-refractivity contribution < 1.29 is 23.8 Å². The molecule has 1 aliphatic heterocycles. The maximum Gasteiger partial charge on any atom is 0.247 e. The number of aryl methyl sites for hydroxylation is 1. The standard InChI is InChI=1S/C21H21N3O5/c25-11-10-24(13-15-4-2-1-3-5-15)20(26)9-8-19-22-23-21(29-19)16-6-7-17-18(12-16)28-14-27-17/h1-7,12,25H,8-11,13-14H2. The molecule has 1 aliphatic rings. The molecule has 1 N–H and O–H groups in total. The van der Waals surface area contributed by atoms with Gasteiger partial charge in [-0.2, -0.15) is 0 Å². The number of fused-ring (bicyclic) bond motifs is 1. The van der Waals surface area contributed by atoms with Crippen LogP contribution in [0.1, 0.15) is 17.9 Å². The number of hydrogen-bond acceptors (Lipinski definition) is 7. The Morgan fingerprint density at radius 1 is 1.07 bits per heavy atom. The summed E-state index contributed by atoms with van der Waals surface area (Å²) in [5, 5.41) is 17.4. The van der Waals surface area contributed by atoms with E-state index in [0.29, 0.717) is 36.2 Å². The largest absolute Gasteiger partial charge is 0.454 e. The number of amides is 1. The fraction of sp³-hybridized carbons (Fsp3) is 0.286.